The molecule has 0 saturated carbocycles. The van der Waals surface area contributed by atoms with Crippen LogP contribution in [0.4, 0.5) is 5.69 Å². The van der Waals surface area contributed by atoms with Crippen molar-refractivity contribution in [1.82, 2.24) is 4.90 Å². The molecule has 1 aromatic carbocycles. The molecule has 0 bridgehead atoms. The summed E-state index contributed by atoms with van der Waals surface area (Å²) in [7, 11) is 1.54. The van der Waals surface area contributed by atoms with Gasteiger partial charge in [-0.25, -0.2) is 0 Å². The van der Waals surface area contributed by atoms with Crippen molar-refractivity contribution in [3.05, 3.63) is 17.7 Å². The molecule has 2 heterocycles. The van der Waals surface area contributed by atoms with Crippen molar-refractivity contribution in [2.75, 3.05) is 20.3 Å². The summed E-state index contributed by atoms with van der Waals surface area (Å²) in [5.74, 6) is 1.05. The van der Waals surface area contributed by atoms with Crippen LogP contribution in [0.15, 0.2) is 17.1 Å². The van der Waals surface area contributed by atoms with E-state index in [9.17, 15) is 9.59 Å². The van der Waals surface area contributed by atoms with Gasteiger partial charge in [0.15, 0.2) is 11.5 Å². The molecule has 1 amide bonds. The van der Waals surface area contributed by atoms with Crippen LogP contribution in [0.1, 0.15) is 36.0 Å². The number of methoxy groups -OCH3 is 1. The first-order valence-electron chi connectivity index (χ1n) is 7.88. The van der Waals surface area contributed by atoms with Gasteiger partial charge in [0.2, 0.25) is 0 Å². The summed E-state index contributed by atoms with van der Waals surface area (Å²) in [6.07, 6.45) is 5.78. The lowest BCUT2D eigenvalue weighted by Crippen LogP contribution is -2.35. The number of aldehydes is 1. The minimum Gasteiger partial charge on any atom is -0.493 e. The van der Waals surface area contributed by atoms with Crippen LogP contribution in [0.2, 0.25) is 0 Å². The topological polar surface area (TPSA) is 68.2 Å². The Morgan fingerprint density at radius 2 is 2.26 bits per heavy atom. The summed E-state index contributed by atoms with van der Waals surface area (Å²) < 4.78 is 11.0. The Hall–Kier alpha value is -2.37. The highest BCUT2D eigenvalue weighted by molar-refractivity contribution is 6.03. The third kappa shape index (κ3) is 3.06. The van der Waals surface area contributed by atoms with E-state index in [0.29, 0.717) is 42.2 Å². The minimum atomic E-state index is -0.00851. The number of hydrogen-bond donors (Lipinski definition) is 0. The maximum Gasteiger partial charge on any atom is 0.256 e. The molecule has 2 aliphatic heterocycles. The zero-order valence-electron chi connectivity index (χ0n) is 13.2. The van der Waals surface area contributed by atoms with E-state index in [1.807, 2.05) is 11.1 Å². The Balaban J connectivity index is 1.89. The van der Waals surface area contributed by atoms with Gasteiger partial charge in [0.05, 0.1) is 31.0 Å². The molecule has 122 valence electrons. The fourth-order valence-corrected chi connectivity index (χ4v) is 2.97. The third-order valence-electron chi connectivity index (χ3n) is 4.18. The molecule has 1 unspecified atom stereocenters. The van der Waals surface area contributed by atoms with E-state index in [-0.39, 0.29) is 11.9 Å². The molecule has 0 spiro atoms. The number of hydrogen-bond acceptors (Lipinski definition) is 5. The smallest absolute Gasteiger partial charge is 0.256 e. The first-order chi connectivity index (χ1) is 11.2. The number of unbranched alkanes of at least 4 members (excludes halogenated alkanes) is 1. The first-order valence-corrected chi connectivity index (χ1v) is 7.88. The van der Waals surface area contributed by atoms with Gasteiger partial charge in [-0.2, -0.15) is 0 Å². The molecule has 0 N–H and O–H groups in total. The molecular weight excluding hydrogens is 296 g/mol. The van der Waals surface area contributed by atoms with E-state index in [1.54, 1.807) is 19.2 Å². The normalized spacial score (nSPS) is 19.1. The van der Waals surface area contributed by atoms with E-state index in [4.69, 9.17) is 9.47 Å². The zero-order chi connectivity index (χ0) is 16.2. The minimum absolute atomic E-state index is 0.00851. The number of amides is 1. The predicted molar refractivity (Wildman–Crippen MR) is 86.0 cm³/mol. The van der Waals surface area contributed by atoms with Gasteiger partial charge in [-0.3, -0.25) is 9.79 Å². The van der Waals surface area contributed by atoms with Crippen LogP contribution < -0.4 is 9.47 Å². The maximum atomic E-state index is 12.7. The van der Waals surface area contributed by atoms with Gasteiger partial charge < -0.3 is 19.2 Å². The quantitative estimate of drug-likeness (QED) is 0.597. The number of carbonyl (C=O) groups is 2. The summed E-state index contributed by atoms with van der Waals surface area (Å²) in [4.78, 5) is 29.4. The van der Waals surface area contributed by atoms with Crippen LogP contribution in [0, 0.1) is 0 Å². The summed E-state index contributed by atoms with van der Waals surface area (Å²) in [5.41, 5.74) is 1.15. The van der Waals surface area contributed by atoms with Gasteiger partial charge in [0, 0.05) is 25.2 Å². The molecule has 1 aromatic rings. The van der Waals surface area contributed by atoms with E-state index < -0.39 is 0 Å². The number of rotatable bonds is 6. The van der Waals surface area contributed by atoms with Gasteiger partial charge in [0.25, 0.3) is 5.91 Å². The lowest BCUT2D eigenvalue weighted by atomic mass is 10.1. The van der Waals surface area contributed by atoms with E-state index in [1.165, 1.54) is 0 Å². The van der Waals surface area contributed by atoms with E-state index in [2.05, 4.69) is 4.99 Å². The van der Waals surface area contributed by atoms with Gasteiger partial charge in [-0.1, -0.05) is 0 Å². The molecule has 6 nitrogen and oxygen atoms in total. The Labute approximate surface area is 135 Å². The second-order valence-electron chi connectivity index (χ2n) is 5.66. The van der Waals surface area contributed by atoms with Crippen LogP contribution in [0.25, 0.3) is 0 Å². The van der Waals surface area contributed by atoms with Crippen LogP contribution >= 0.6 is 0 Å². The monoisotopic (exact) mass is 316 g/mol. The van der Waals surface area contributed by atoms with Gasteiger partial charge in [0.1, 0.15) is 6.29 Å². The molecule has 23 heavy (non-hydrogen) atoms. The highest BCUT2D eigenvalue weighted by Crippen LogP contribution is 2.38. The molecule has 1 saturated heterocycles. The molecule has 0 aliphatic carbocycles. The largest absolute Gasteiger partial charge is 0.493 e. The highest BCUT2D eigenvalue weighted by atomic mass is 16.5. The summed E-state index contributed by atoms with van der Waals surface area (Å²) in [6, 6.07) is 3.52. The maximum absolute atomic E-state index is 12.7. The Bertz CT molecular complexity index is 642. The van der Waals surface area contributed by atoms with Gasteiger partial charge in [-0.05, 0) is 25.3 Å². The number of carbonyl (C=O) groups excluding carboxylic acids is 2. The summed E-state index contributed by atoms with van der Waals surface area (Å²) in [6.45, 7) is 1.18. The van der Waals surface area contributed by atoms with Crippen molar-refractivity contribution >= 4 is 24.1 Å². The van der Waals surface area contributed by atoms with Crippen molar-refractivity contribution < 1.29 is 19.1 Å². The number of nitrogens with zero attached hydrogens (tertiary/aromatic N) is 2. The highest BCUT2D eigenvalue weighted by Gasteiger charge is 2.32. The van der Waals surface area contributed by atoms with E-state index >= 15 is 0 Å². The second-order valence-corrected chi connectivity index (χ2v) is 5.66. The zero-order valence-corrected chi connectivity index (χ0v) is 13.2. The molecule has 6 heteroatoms. The van der Waals surface area contributed by atoms with Gasteiger partial charge >= 0.3 is 0 Å². The standard InChI is InChI=1S/C17H20N2O4/c1-22-15-9-13-14(10-16(15)23-8-3-2-7-20)18-11-12-5-4-6-19(12)17(13)21/h7,9-12H,2-6,8H2,1H3. The van der Waals surface area contributed by atoms with Gasteiger partial charge in [-0.15, -0.1) is 0 Å². The fraction of sp³-hybridized carbons (Fsp3) is 0.471. The first kappa shape index (κ1) is 15.5. The van der Waals surface area contributed by atoms with E-state index in [0.717, 1.165) is 25.7 Å². The Kier molecular flexibility index (Phi) is 4.60. The number of aliphatic imine (C=N–C) groups is 1. The molecule has 3 rings (SSSR count). The lowest BCUT2D eigenvalue weighted by molar-refractivity contribution is -0.108. The number of ether oxygens (including phenoxy) is 2. The Morgan fingerprint density at radius 1 is 1.39 bits per heavy atom. The number of benzene rings is 1. The third-order valence-corrected chi connectivity index (χ3v) is 4.18. The molecular formula is C17H20N2O4. The molecule has 2 aliphatic rings. The van der Waals surface area contributed by atoms with Crippen LogP contribution in [0.3, 0.4) is 0 Å². The SMILES string of the molecule is COc1cc2c(cc1OCCCC=O)N=CC1CCCN1C2=O. The average molecular weight is 316 g/mol. The van der Waals surface area contributed by atoms with Crippen LogP contribution in [-0.2, 0) is 4.79 Å². The molecule has 1 atom stereocenters. The van der Waals surface area contributed by atoms with Crippen LogP contribution in [0.5, 0.6) is 11.5 Å². The van der Waals surface area contributed by atoms with Crippen molar-refractivity contribution in [2.45, 2.75) is 31.7 Å². The molecule has 1 fully saturated rings. The van der Waals surface area contributed by atoms with Crippen molar-refractivity contribution in [1.29, 1.82) is 0 Å². The second kappa shape index (κ2) is 6.81. The average Bonchev–Trinajstić information content (AvgIpc) is 3.00. The number of fused-ring (bicyclic) bond motifs is 2. The fourth-order valence-electron chi connectivity index (χ4n) is 2.97. The van der Waals surface area contributed by atoms with Crippen molar-refractivity contribution in [3.8, 4) is 11.5 Å². The Morgan fingerprint density at radius 3 is 3.04 bits per heavy atom. The molecule has 0 radical (unpaired) electrons. The predicted octanol–water partition coefficient (Wildman–Crippen LogP) is 2.37. The summed E-state index contributed by atoms with van der Waals surface area (Å²) >= 11 is 0. The van der Waals surface area contributed by atoms with Crippen molar-refractivity contribution in [2.24, 2.45) is 4.99 Å². The lowest BCUT2D eigenvalue weighted by Gasteiger charge is -2.20. The van der Waals surface area contributed by atoms with Crippen molar-refractivity contribution in [3.63, 3.8) is 0 Å². The molecule has 0 aromatic heterocycles. The van der Waals surface area contributed by atoms with Crippen LogP contribution in [-0.4, -0.2) is 49.6 Å². The summed E-state index contributed by atoms with van der Waals surface area (Å²) in [5, 5.41) is 0.